The van der Waals surface area contributed by atoms with Crippen LogP contribution in [0.4, 0.5) is 10.6 Å². The smallest absolute Gasteiger partial charge is 0.408 e. The standard InChI is InChI=1S/C27H34ClN7O4/c1-17(19-6-8-20(28)9-7-19)35(33-18(2)36)24(37)27(32-25(38)39-26(3,4)5)11-14-34(15-12-27)23-21-10-13-29-22(21)30-16-31-23/h6-10,13,16-17H,11-12,14-15H2,1-5H3,(H,32,38)(H,33,36)(H,29,30,31). The third-order valence-corrected chi connectivity index (χ3v) is 6.89. The largest absolute Gasteiger partial charge is 0.444 e. The zero-order chi connectivity index (χ0) is 28.4. The van der Waals surface area contributed by atoms with Crippen molar-refractivity contribution in [2.75, 3.05) is 18.0 Å². The Balaban J connectivity index is 1.66. The van der Waals surface area contributed by atoms with Gasteiger partial charge < -0.3 is 19.9 Å². The maximum Gasteiger partial charge on any atom is 0.408 e. The molecular weight excluding hydrogens is 522 g/mol. The molecule has 3 amide bonds. The first-order valence-corrected chi connectivity index (χ1v) is 13.2. The first-order valence-electron chi connectivity index (χ1n) is 12.8. The third-order valence-electron chi connectivity index (χ3n) is 6.64. The van der Waals surface area contributed by atoms with Gasteiger partial charge in [-0.15, -0.1) is 0 Å². The van der Waals surface area contributed by atoms with E-state index < -0.39 is 35.1 Å². The van der Waals surface area contributed by atoms with Gasteiger partial charge in [-0.25, -0.2) is 19.8 Å². The van der Waals surface area contributed by atoms with E-state index in [-0.39, 0.29) is 12.8 Å². The summed E-state index contributed by atoms with van der Waals surface area (Å²) >= 11 is 6.06. The van der Waals surface area contributed by atoms with Crippen LogP contribution in [0.25, 0.3) is 11.0 Å². The molecule has 0 bridgehead atoms. The summed E-state index contributed by atoms with van der Waals surface area (Å²) in [5.41, 5.74) is 2.06. The maximum atomic E-state index is 14.3. The van der Waals surface area contributed by atoms with Crippen LogP contribution in [-0.2, 0) is 14.3 Å². The molecule has 1 saturated heterocycles. The number of carbonyl (C=O) groups excluding carboxylic acids is 3. The third kappa shape index (κ3) is 6.42. The molecule has 0 aliphatic carbocycles. The number of amides is 3. The molecule has 4 rings (SSSR count). The van der Waals surface area contributed by atoms with Crippen LogP contribution in [0.15, 0.2) is 42.9 Å². The number of hydrogen-bond donors (Lipinski definition) is 3. The number of hydrogen-bond acceptors (Lipinski definition) is 7. The van der Waals surface area contributed by atoms with Crippen molar-refractivity contribution in [1.82, 2.24) is 30.7 Å². The van der Waals surface area contributed by atoms with Crippen LogP contribution in [-0.4, -0.2) is 62.1 Å². The zero-order valence-corrected chi connectivity index (χ0v) is 23.5. The normalized spacial score (nSPS) is 15.9. The number of nitrogens with one attached hydrogen (secondary N) is 3. The van der Waals surface area contributed by atoms with E-state index in [0.29, 0.717) is 23.8 Å². The van der Waals surface area contributed by atoms with Crippen molar-refractivity contribution in [1.29, 1.82) is 0 Å². The molecule has 3 N–H and O–H groups in total. The number of rotatable bonds is 5. The Bertz CT molecular complexity index is 1340. The Morgan fingerprint density at radius 1 is 1.13 bits per heavy atom. The molecule has 0 radical (unpaired) electrons. The number of piperidine rings is 1. The summed E-state index contributed by atoms with van der Waals surface area (Å²) in [6.45, 7) is 9.25. The van der Waals surface area contributed by atoms with Gasteiger partial charge in [0.25, 0.3) is 5.91 Å². The summed E-state index contributed by atoms with van der Waals surface area (Å²) in [6.07, 6.45) is 3.09. The van der Waals surface area contributed by atoms with Gasteiger partial charge in [-0.3, -0.25) is 15.0 Å². The molecule has 1 fully saturated rings. The van der Waals surface area contributed by atoms with Crippen molar-refractivity contribution >= 4 is 46.4 Å². The van der Waals surface area contributed by atoms with E-state index in [1.54, 1.807) is 58.2 Å². The Labute approximate surface area is 232 Å². The van der Waals surface area contributed by atoms with Gasteiger partial charge in [0.2, 0.25) is 5.91 Å². The highest BCUT2D eigenvalue weighted by Gasteiger charge is 2.47. The molecule has 2 aromatic heterocycles. The topological polar surface area (TPSA) is 133 Å². The van der Waals surface area contributed by atoms with Gasteiger partial charge in [0.15, 0.2) is 0 Å². The lowest BCUT2D eigenvalue weighted by atomic mass is 9.85. The van der Waals surface area contributed by atoms with Crippen molar-refractivity contribution in [3.63, 3.8) is 0 Å². The molecule has 1 atom stereocenters. The predicted octanol–water partition coefficient (Wildman–Crippen LogP) is 4.12. The second-order valence-electron chi connectivity index (χ2n) is 10.7. The number of alkyl carbamates (subject to hydrolysis) is 1. The molecule has 12 heteroatoms. The average molecular weight is 556 g/mol. The molecule has 1 aliphatic rings. The van der Waals surface area contributed by atoms with Crippen LogP contribution in [0.5, 0.6) is 0 Å². The highest BCUT2D eigenvalue weighted by atomic mass is 35.5. The van der Waals surface area contributed by atoms with Gasteiger partial charge in [-0.05, 0) is 64.3 Å². The summed E-state index contributed by atoms with van der Waals surface area (Å²) in [5.74, 6) is -0.113. The van der Waals surface area contributed by atoms with E-state index >= 15 is 0 Å². The highest BCUT2D eigenvalue weighted by molar-refractivity contribution is 6.30. The number of aromatic amines is 1. The van der Waals surface area contributed by atoms with E-state index in [1.165, 1.54) is 18.3 Å². The van der Waals surface area contributed by atoms with Crippen molar-refractivity contribution in [2.45, 2.75) is 64.6 Å². The molecular formula is C27H34ClN7O4. The van der Waals surface area contributed by atoms with E-state index in [4.69, 9.17) is 16.3 Å². The van der Waals surface area contributed by atoms with E-state index in [0.717, 1.165) is 16.8 Å². The zero-order valence-electron chi connectivity index (χ0n) is 22.7. The first-order chi connectivity index (χ1) is 18.4. The monoisotopic (exact) mass is 555 g/mol. The minimum atomic E-state index is -1.34. The van der Waals surface area contributed by atoms with E-state index in [2.05, 4.69) is 30.6 Å². The lowest BCUT2D eigenvalue weighted by Gasteiger charge is -2.44. The van der Waals surface area contributed by atoms with Crippen LogP contribution >= 0.6 is 11.6 Å². The maximum absolute atomic E-state index is 14.3. The first kappa shape index (κ1) is 28.2. The van der Waals surface area contributed by atoms with Crippen molar-refractivity contribution in [3.8, 4) is 0 Å². The number of fused-ring (bicyclic) bond motifs is 1. The number of carbonyl (C=O) groups is 3. The fourth-order valence-corrected chi connectivity index (χ4v) is 4.84. The molecule has 0 saturated carbocycles. The van der Waals surface area contributed by atoms with Gasteiger partial charge in [0.1, 0.15) is 28.9 Å². The van der Waals surface area contributed by atoms with Crippen LogP contribution in [0.1, 0.15) is 59.1 Å². The number of H-pyrrole nitrogens is 1. The molecule has 3 heterocycles. The molecule has 1 unspecified atom stereocenters. The fourth-order valence-electron chi connectivity index (χ4n) is 4.72. The Morgan fingerprint density at radius 3 is 2.41 bits per heavy atom. The number of hydrazine groups is 1. The van der Waals surface area contributed by atoms with E-state index in [9.17, 15) is 14.4 Å². The number of nitrogens with zero attached hydrogens (tertiary/aromatic N) is 4. The molecule has 1 aliphatic heterocycles. The lowest BCUT2D eigenvalue weighted by molar-refractivity contribution is -0.150. The Morgan fingerprint density at radius 2 is 1.79 bits per heavy atom. The highest BCUT2D eigenvalue weighted by Crippen LogP contribution is 2.33. The van der Waals surface area contributed by atoms with Gasteiger partial charge >= 0.3 is 6.09 Å². The van der Waals surface area contributed by atoms with E-state index in [1.807, 2.05) is 6.07 Å². The van der Waals surface area contributed by atoms with Gasteiger partial charge in [-0.1, -0.05) is 23.7 Å². The molecule has 208 valence electrons. The van der Waals surface area contributed by atoms with Crippen LogP contribution in [0, 0.1) is 0 Å². The predicted molar refractivity (Wildman–Crippen MR) is 148 cm³/mol. The summed E-state index contributed by atoms with van der Waals surface area (Å²) < 4.78 is 5.53. The number of ether oxygens (including phenoxy) is 1. The molecule has 3 aromatic rings. The van der Waals surface area contributed by atoms with Crippen LogP contribution in [0.2, 0.25) is 5.02 Å². The Kier molecular flexibility index (Phi) is 8.01. The summed E-state index contributed by atoms with van der Waals surface area (Å²) in [5, 5.41) is 5.58. The average Bonchev–Trinajstić information content (AvgIpc) is 3.35. The second-order valence-corrected chi connectivity index (χ2v) is 11.1. The summed E-state index contributed by atoms with van der Waals surface area (Å²) in [7, 11) is 0. The summed E-state index contributed by atoms with van der Waals surface area (Å²) in [6, 6.07) is 8.39. The Hall–Kier alpha value is -3.86. The van der Waals surface area contributed by atoms with Gasteiger partial charge in [0.05, 0.1) is 11.4 Å². The fraction of sp³-hybridized carbons (Fsp3) is 0.444. The van der Waals surface area contributed by atoms with Gasteiger partial charge in [-0.2, -0.15) is 0 Å². The molecule has 39 heavy (non-hydrogen) atoms. The minimum Gasteiger partial charge on any atom is -0.444 e. The molecule has 1 aromatic carbocycles. The van der Waals surface area contributed by atoms with Gasteiger partial charge in [0, 0.05) is 31.2 Å². The van der Waals surface area contributed by atoms with Crippen LogP contribution in [0.3, 0.4) is 0 Å². The minimum absolute atomic E-state index is 0.254. The lowest BCUT2D eigenvalue weighted by Crippen LogP contribution is -2.66. The summed E-state index contributed by atoms with van der Waals surface area (Å²) in [4.78, 5) is 53.4. The quantitative estimate of drug-likeness (QED) is 0.403. The van der Waals surface area contributed by atoms with Crippen molar-refractivity contribution in [3.05, 3.63) is 53.4 Å². The SMILES string of the molecule is CC(=O)NN(C(=O)C1(NC(=O)OC(C)(C)C)CCN(c2ncnc3[nH]ccc23)CC1)C(C)c1ccc(Cl)cc1. The molecule has 11 nitrogen and oxygen atoms in total. The van der Waals surface area contributed by atoms with Crippen molar-refractivity contribution in [2.24, 2.45) is 0 Å². The number of halogens is 1. The number of anilines is 1. The van der Waals surface area contributed by atoms with Crippen molar-refractivity contribution < 1.29 is 19.1 Å². The number of benzene rings is 1. The number of aromatic nitrogens is 3. The second kappa shape index (κ2) is 11.1. The van der Waals surface area contributed by atoms with Crippen LogP contribution < -0.4 is 15.6 Å². The molecule has 0 spiro atoms.